The molecule has 2 nitrogen and oxygen atoms in total. The highest BCUT2D eigenvalue weighted by Gasteiger charge is 2.15. The molecule has 0 atom stereocenters. The number of hydrogen-bond acceptors (Lipinski definition) is 3. The van der Waals surface area contributed by atoms with Crippen LogP contribution in [0.25, 0.3) is 0 Å². The zero-order chi connectivity index (χ0) is 11.0. The van der Waals surface area contributed by atoms with Gasteiger partial charge < -0.3 is 5.32 Å². The Balaban J connectivity index is 2.12. The van der Waals surface area contributed by atoms with Crippen LogP contribution in [0.4, 0.5) is 5.69 Å². The lowest BCUT2D eigenvalue weighted by Crippen LogP contribution is -1.99. The van der Waals surface area contributed by atoms with Gasteiger partial charge in [-0.1, -0.05) is 41.6 Å². The maximum absolute atomic E-state index is 6.14. The zero-order valence-corrected chi connectivity index (χ0v) is 9.98. The van der Waals surface area contributed by atoms with E-state index >= 15 is 0 Å². The summed E-state index contributed by atoms with van der Waals surface area (Å²) >= 11 is 7.80. The second-order valence-corrected chi connectivity index (χ2v) is 4.97. The smallest absolute Gasteiger partial charge is 0.125 e. The molecule has 0 fully saturated rings. The van der Waals surface area contributed by atoms with Crippen LogP contribution in [0.3, 0.4) is 0 Å². The Morgan fingerprint density at radius 3 is 3.06 bits per heavy atom. The summed E-state index contributed by atoms with van der Waals surface area (Å²) in [7, 11) is 0. The van der Waals surface area contributed by atoms with E-state index in [1.54, 1.807) is 18.0 Å². The summed E-state index contributed by atoms with van der Waals surface area (Å²) in [6, 6.07) is 10.1. The number of fused-ring (bicyclic) bond motifs is 2. The largest absolute Gasteiger partial charge is 0.378 e. The van der Waals surface area contributed by atoms with Crippen LogP contribution < -0.4 is 5.32 Å². The first-order valence-corrected chi connectivity index (χ1v) is 6.18. The van der Waals surface area contributed by atoms with E-state index in [0.29, 0.717) is 0 Å². The number of hydrogen-bond donors (Lipinski definition) is 1. The Hall–Kier alpha value is -1.19. The summed E-state index contributed by atoms with van der Waals surface area (Å²) in [5.41, 5.74) is 2.21. The summed E-state index contributed by atoms with van der Waals surface area (Å²) in [6.07, 6.45) is 1.74. The number of halogens is 1. The van der Waals surface area contributed by atoms with Gasteiger partial charge in [-0.25, -0.2) is 4.98 Å². The molecule has 80 valence electrons. The molecule has 1 aliphatic rings. The highest BCUT2D eigenvalue weighted by Crippen LogP contribution is 2.39. The van der Waals surface area contributed by atoms with Crippen molar-refractivity contribution >= 4 is 29.1 Å². The minimum atomic E-state index is 0.727. The van der Waals surface area contributed by atoms with Gasteiger partial charge in [0.25, 0.3) is 0 Å². The van der Waals surface area contributed by atoms with Gasteiger partial charge in [-0.3, -0.25) is 0 Å². The zero-order valence-electron chi connectivity index (χ0n) is 8.40. The maximum Gasteiger partial charge on any atom is 0.125 e. The molecule has 16 heavy (non-hydrogen) atoms. The van der Waals surface area contributed by atoms with E-state index in [1.807, 2.05) is 18.2 Å². The van der Waals surface area contributed by atoms with E-state index in [4.69, 9.17) is 11.6 Å². The van der Waals surface area contributed by atoms with Crippen molar-refractivity contribution in [2.45, 2.75) is 16.5 Å². The highest BCUT2D eigenvalue weighted by molar-refractivity contribution is 7.99. The molecule has 0 bridgehead atoms. The fourth-order valence-electron chi connectivity index (χ4n) is 1.70. The average molecular weight is 249 g/mol. The van der Waals surface area contributed by atoms with Gasteiger partial charge in [0.05, 0.1) is 10.7 Å². The summed E-state index contributed by atoms with van der Waals surface area (Å²) in [6.45, 7) is 0.793. The van der Waals surface area contributed by atoms with Crippen molar-refractivity contribution in [3.8, 4) is 0 Å². The molecule has 1 aromatic heterocycles. The van der Waals surface area contributed by atoms with Crippen LogP contribution in [0.1, 0.15) is 5.56 Å². The lowest BCUT2D eigenvalue weighted by atomic mass is 10.2. The van der Waals surface area contributed by atoms with Crippen LogP contribution in [-0.4, -0.2) is 4.98 Å². The van der Waals surface area contributed by atoms with Crippen molar-refractivity contribution < 1.29 is 0 Å². The van der Waals surface area contributed by atoms with Crippen LogP contribution in [0.15, 0.2) is 46.5 Å². The van der Waals surface area contributed by atoms with Crippen molar-refractivity contribution in [1.82, 2.24) is 4.98 Å². The van der Waals surface area contributed by atoms with E-state index in [1.165, 1.54) is 10.5 Å². The van der Waals surface area contributed by atoms with Gasteiger partial charge in [-0.2, -0.15) is 0 Å². The highest BCUT2D eigenvalue weighted by atomic mass is 35.5. The number of benzene rings is 1. The molecule has 0 saturated carbocycles. The molecule has 1 aromatic carbocycles. The van der Waals surface area contributed by atoms with Crippen molar-refractivity contribution in [1.29, 1.82) is 0 Å². The van der Waals surface area contributed by atoms with Gasteiger partial charge >= 0.3 is 0 Å². The van der Waals surface area contributed by atoms with Crippen molar-refractivity contribution in [2.75, 3.05) is 5.32 Å². The third-order valence-corrected chi connectivity index (χ3v) is 3.94. The van der Waals surface area contributed by atoms with E-state index in [0.717, 1.165) is 22.3 Å². The molecule has 0 radical (unpaired) electrons. The maximum atomic E-state index is 6.14. The molecule has 3 rings (SSSR count). The Kier molecular flexibility index (Phi) is 2.50. The predicted molar refractivity (Wildman–Crippen MR) is 67.1 cm³/mol. The second kappa shape index (κ2) is 4.00. The quantitative estimate of drug-likeness (QED) is 0.767. The molecule has 0 spiro atoms. The number of aromatic nitrogens is 1. The molecular weight excluding hydrogens is 240 g/mol. The average Bonchev–Trinajstić information content (AvgIpc) is 2.48. The second-order valence-electron chi connectivity index (χ2n) is 3.54. The number of nitrogens with one attached hydrogen (secondary N) is 1. The van der Waals surface area contributed by atoms with E-state index < -0.39 is 0 Å². The van der Waals surface area contributed by atoms with Crippen LogP contribution in [0.5, 0.6) is 0 Å². The molecular formula is C12H9ClN2S. The topological polar surface area (TPSA) is 24.9 Å². The Morgan fingerprint density at radius 2 is 2.12 bits per heavy atom. The minimum absolute atomic E-state index is 0.727. The van der Waals surface area contributed by atoms with Gasteiger partial charge in [-0.15, -0.1) is 0 Å². The lowest BCUT2D eigenvalue weighted by molar-refractivity contribution is 1.07. The van der Waals surface area contributed by atoms with Gasteiger partial charge in [0.15, 0.2) is 0 Å². The molecule has 0 unspecified atom stereocenters. The van der Waals surface area contributed by atoms with E-state index in [9.17, 15) is 0 Å². The molecule has 2 aromatic rings. The first kappa shape index (κ1) is 10.00. The van der Waals surface area contributed by atoms with Crippen molar-refractivity contribution in [2.24, 2.45) is 0 Å². The fourth-order valence-corrected chi connectivity index (χ4v) is 2.99. The third kappa shape index (κ3) is 1.66. The van der Waals surface area contributed by atoms with Crippen molar-refractivity contribution in [3.63, 3.8) is 0 Å². The summed E-state index contributed by atoms with van der Waals surface area (Å²) < 4.78 is 0. The lowest BCUT2D eigenvalue weighted by Gasteiger charge is -2.06. The number of pyridine rings is 1. The SMILES string of the molecule is Clc1ccnc2c1NCc1ccccc1S2. The van der Waals surface area contributed by atoms with E-state index in [-0.39, 0.29) is 0 Å². The fraction of sp³-hybridized carbons (Fsp3) is 0.0833. The molecule has 0 saturated heterocycles. The van der Waals surface area contributed by atoms with Crippen LogP contribution in [0.2, 0.25) is 5.02 Å². The number of anilines is 1. The summed E-state index contributed by atoms with van der Waals surface area (Å²) in [5.74, 6) is 0. The van der Waals surface area contributed by atoms with Gasteiger partial charge in [0, 0.05) is 17.6 Å². The normalized spacial score (nSPS) is 13.3. The Bertz CT molecular complexity index is 542. The molecule has 2 heterocycles. The van der Waals surface area contributed by atoms with Gasteiger partial charge in [0.1, 0.15) is 5.03 Å². The van der Waals surface area contributed by atoms with E-state index in [2.05, 4.69) is 22.4 Å². The minimum Gasteiger partial charge on any atom is -0.378 e. The van der Waals surface area contributed by atoms with Gasteiger partial charge in [0.2, 0.25) is 0 Å². The standard InChI is InChI=1S/C12H9ClN2S/c13-9-5-6-14-12-11(9)15-7-8-3-1-2-4-10(8)16-12/h1-6,15H,7H2. The molecule has 1 aliphatic heterocycles. The third-order valence-electron chi connectivity index (χ3n) is 2.50. The Labute approximate surface area is 103 Å². The monoisotopic (exact) mass is 248 g/mol. The van der Waals surface area contributed by atoms with Crippen LogP contribution in [0, 0.1) is 0 Å². The molecule has 1 N–H and O–H groups in total. The number of nitrogens with zero attached hydrogens (tertiary/aromatic N) is 1. The first-order chi connectivity index (χ1) is 7.84. The summed E-state index contributed by atoms with van der Waals surface area (Å²) in [4.78, 5) is 5.59. The molecule has 0 amide bonds. The van der Waals surface area contributed by atoms with Crippen molar-refractivity contribution in [3.05, 3.63) is 47.1 Å². The summed E-state index contributed by atoms with van der Waals surface area (Å²) in [5, 5.41) is 5.00. The predicted octanol–water partition coefficient (Wildman–Crippen LogP) is 3.81. The first-order valence-electron chi connectivity index (χ1n) is 4.99. The van der Waals surface area contributed by atoms with Crippen LogP contribution >= 0.6 is 23.4 Å². The van der Waals surface area contributed by atoms with Gasteiger partial charge in [-0.05, 0) is 17.7 Å². The number of rotatable bonds is 0. The van der Waals surface area contributed by atoms with Crippen LogP contribution in [-0.2, 0) is 6.54 Å². The molecule has 4 heteroatoms. The Morgan fingerprint density at radius 1 is 1.25 bits per heavy atom. The molecule has 0 aliphatic carbocycles.